The monoisotopic (exact) mass is 409 g/mol. The first-order chi connectivity index (χ1) is 14.5. The molecule has 3 aromatic rings. The Labute approximate surface area is 176 Å². The second kappa shape index (κ2) is 8.98. The number of aryl methyl sites for hydroxylation is 1. The zero-order valence-corrected chi connectivity index (χ0v) is 17.5. The molecule has 5 nitrogen and oxygen atoms in total. The summed E-state index contributed by atoms with van der Waals surface area (Å²) in [4.78, 5) is 2.26. The molecule has 1 saturated carbocycles. The second-order valence-electron chi connectivity index (χ2n) is 8.16. The van der Waals surface area contributed by atoms with Gasteiger partial charge in [0.2, 0.25) is 5.88 Å². The molecule has 1 fully saturated rings. The number of nitrogens with zero attached hydrogens (tertiary/aromatic N) is 3. The van der Waals surface area contributed by atoms with Gasteiger partial charge in [-0.25, -0.2) is 9.07 Å². The van der Waals surface area contributed by atoms with E-state index in [1.54, 1.807) is 16.8 Å². The lowest BCUT2D eigenvalue weighted by atomic mass is 10.2. The Morgan fingerprint density at radius 2 is 1.97 bits per heavy atom. The quantitative estimate of drug-likeness (QED) is 0.556. The van der Waals surface area contributed by atoms with Crippen LogP contribution in [0.15, 0.2) is 54.6 Å². The molecule has 6 heteroatoms. The maximum absolute atomic E-state index is 13.8. The van der Waals surface area contributed by atoms with E-state index in [9.17, 15) is 9.50 Å². The van der Waals surface area contributed by atoms with Crippen LogP contribution in [0.2, 0.25) is 0 Å². The van der Waals surface area contributed by atoms with E-state index in [4.69, 9.17) is 9.84 Å². The predicted molar refractivity (Wildman–Crippen MR) is 114 cm³/mol. The van der Waals surface area contributed by atoms with Crippen LogP contribution in [0.5, 0.6) is 11.6 Å². The van der Waals surface area contributed by atoms with E-state index in [2.05, 4.69) is 4.90 Å². The number of hydrogen-bond acceptors (Lipinski definition) is 4. The molecule has 0 radical (unpaired) electrons. The molecule has 0 saturated heterocycles. The minimum Gasteiger partial charge on any atom is -0.438 e. The summed E-state index contributed by atoms with van der Waals surface area (Å²) in [6.45, 7) is 5.92. The van der Waals surface area contributed by atoms with Gasteiger partial charge in [-0.3, -0.25) is 4.90 Å². The molecule has 1 heterocycles. The maximum Gasteiger partial charge on any atom is 0.227 e. The van der Waals surface area contributed by atoms with Gasteiger partial charge in [0, 0.05) is 25.7 Å². The van der Waals surface area contributed by atoms with Gasteiger partial charge in [-0.1, -0.05) is 24.3 Å². The lowest BCUT2D eigenvalue weighted by Crippen LogP contribution is -2.32. The fraction of sp³-hybridized carbons (Fsp3) is 0.375. The molecule has 1 aliphatic carbocycles. The first-order valence-corrected chi connectivity index (χ1v) is 10.5. The van der Waals surface area contributed by atoms with E-state index in [-0.39, 0.29) is 5.82 Å². The van der Waals surface area contributed by atoms with Crippen LogP contribution in [0, 0.1) is 18.7 Å². The van der Waals surface area contributed by atoms with Gasteiger partial charge < -0.3 is 9.84 Å². The van der Waals surface area contributed by atoms with Crippen LogP contribution in [0.1, 0.15) is 31.0 Å². The van der Waals surface area contributed by atoms with E-state index >= 15 is 0 Å². The van der Waals surface area contributed by atoms with Crippen molar-refractivity contribution < 1.29 is 14.2 Å². The zero-order valence-electron chi connectivity index (χ0n) is 17.5. The Kier molecular flexibility index (Phi) is 6.16. The van der Waals surface area contributed by atoms with Crippen LogP contribution in [-0.2, 0) is 6.54 Å². The molecule has 2 aromatic carbocycles. The average molecular weight is 410 g/mol. The van der Waals surface area contributed by atoms with Crippen molar-refractivity contribution in [1.29, 1.82) is 0 Å². The van der Waals surface area contributed by atoms with Crippen molar-refractivity contribution in [3.05, 3.63) is 71.7 Å². The Morgan fingerprint density at radius 3 is 2.63 bits per heavy atom. The third-order valence-corrected chi connectivity index (χ3v) is 5.27. The Bertz CT molecular complexity index is 979. The number of halogens is 1. The zero-order chi connectivity index (χ0) is 21.1. The molecule has 0 spiro atoms. The van der Waals surface area contributed by atoms with E-state index < -0.39 is 6.10 Å². The summed E-state index contributed by atoms with van der Waals surface area (Å²) in [5.41, 5.74) is 2.68. The van der Waals surface area contributed by atoms with Gasteiger partial charge in [0.05, 0.1) is 23.0 Å². The number of benzene rings is 2. The van der Waals surface area contributed by atoms with Gasteiger partial charge in [0.15, 0.2) is 0 Å². The normalized spacial score (nSPS) is 14.8. The van der Waals surface area contributed by atoms with Crippen molar-refractivity contribution in [1.82, 2.24) is 14.7 Å². The highest BCUT2D eigenvalue weighted by atomic mass is 19.1. The topological polar surface area (TPSA) is 50.5 Å². The molecule has 4 rings (SSSR count). The summed E-state index contributed by atoms with van der Waals surface area (Å²) in [5.74, 6) is 1.36. The van der Waals surface area contributed by atoms with Crippen molar-refractivity contribution in [3.63, 3.8) is 0 Å². The van der Waals surface area contributed by atoms with Crippen LogP contribution in [0.4, 0.5) is 4.39 Å². The van der Waals surface area contributed by atoms with Gasteiger partial charge in [0.1, 0.15) is 11.6 Å². The van der Waals surface area contributed by atoms with E-state index in [0.717, 1.165) is 23.5 Å². The van der Waals surface area contributed by atoms with Crippen molar-refractivity contribution in [2.24, 2.45) is 5.92 Å². The van der Waals surface area contributed by atoms with Crippen LogP contribution in [-0.4, -0.2) is 39.0 Å². The smallest absolute Gasteiger partial charge is 0.227 e. The van der Waals surface area contributed by atoms with Gasteiger partial charge in [-0.15, -0.1) is 0 Å². The number of rotatable bonds is 9. The summed E-state index contributed by atoms with van der Waals surface area (Å²) in [6.07, 6.45) is 2.07. The van der Waals surface area contributed by atoms with Crippen molar-refractivity contribution in [3.8, 4) is 17.3 Å². The fourth-order valence-electron chi connectivity index (χ4n) is 3.68. The number of aromatic nitrogens is 2. The minimum atomic E-state index is -0.416. The van der Waals surface area contributed by atoms with Crippen LogP contribution in [0.3, 0.4) is 0 Å². The number of ether oxygens (including phenoxy) is 1. The predicted octanol–water partition coefficient (Wildman–Crippen LogP) is 4.70. The number of hydrogen-bond donors (Lipinski definition) is 1. The fourth-order valence-corrected chi connectivity index (χ4v) is 3.68. The maximum atomic E-state index is 13.8. The molecule has 158 valence electrons. The molecule has 0 amide bonds. The summed E-state index contributed by atoms with van der Waals surface area (Å²) < 4.78 is 21.7. The summed E-state index contributed by atoms with van der Waals surface area (Å²) in [5, 5.41) is 14.7. The molecule has 0 unspecified atom stereocenters. The number of para-hydroxylation sites is 1. The molecule has 1 atom stereocenters. The lowest BCUT2D eigenvalue weighted by Gasteiger charge is -2.24. The molecule has 1 aliphatic rings. The van der Waals surface area contributed by atoms with E-state index in [0.29, 0.717) is 30.6 Å². The molecular formula is C24H28FN3O2. The Hall–Kier alpha value is -2.70. The second-order valence-corrected chi connectivity index (χ2v) is 8.16. The van der Waals surface area contributed by atoms with Gasteiger partial charge in [0.25, 0.3) is 0 Å². The van der Waals surface area contributed by atoms with Crippen LogP contribution >= 0.6 is 0 Å². The Morgan fingerprint density at radius 1 is 1.20 bits per heavy atom. The molecule has 0 aliphatic heterocycles. The van der Waals surface area contributed by atoms with Crippen LogP contribution < -0.4 is 4.74 Å². The van der Waals surface area contributed by atoms with Gasteiger partial charge in [-0.2, -0.15) is 5.10 Å². The molecule has 1 N–H and O–H groups in total. The van der Waals surface area contributed by atoms with E-state index in [1.165, 1.54) is 25.0 Å². The highest BCUT2D eigenvalue weighted by Gasteiger charge is 2.27. The molecule has 30 heavy (non-hydrogen) atoms. The SMILES string of the molecule is Cc1nn(-c2ccccc2)c(Oc2cccc(F)c2)c1CN(CC1CC1)C[C@H](C)O. The minimum absolute atomic E-state index is 0.346. The Balaban J connectivity index is 1.71. The first-order valence-electron chi connectivity index (χ1n) is 10.5. The van der Waals surface area contributed by atoms with Gasteiger partial charge >= 0.3 is 0 Å². The van der Waals surface area contributed by atoms with Crippen molar-refractivity contribution in [2.75, 3.05) is 13.1 Å². The molecular weight excluding hydrogens is 381 g/mol. The van der Waals surface area contributed by atoms with Crippen molar-refractivity contribution >= 4 is 0 Å². The highest BCUT2D eigenvalue weighted by molar-refractivity contribution is 5.43. The number of aliphatic hydroxyl groups is 1. The van der Waals surface area contributed by atoms with E-state index in [1.807, 2.05) is 44.2 Å². The molecule has 1 aromatic heterocycles. The third-order valence-electron chi connectivity index (χ3n) is 5.27. The lowest BCUT2D eigenvalue weighted by molar-refractivity contribution is 0.118. The largest absolute Gasteiger partial charge is 0.438 e. The molecule has 0 bridgehead atoms. The standard InChI is InChI=1S/C24H28FN3O2/c1-17(29)14-27(15-19-11-12-19)16-23-18(2)26-28(21-8-4-3-5-9-21)24(23)30-22-10-6-7-20(25)13-22/h3-10,13,17,19,29H,11-12,14-16H2,1-2H3/t17-/m0/s1. The van der Waals surface area contributed by atoms with Crippen LogP contribution in [0.25, 0.3) is 5.69 Å². The number of aliphatic hydroxyl groups excluding tert-OH is 1. The summed E-state index contributed by atoms with van der Waals surface area (Å²) >= 11 is 0. The van der Waals surface area contributed by atoms with Crippen molar-refractivity contribution in [2.45, 2.75) is 39.3 Å². The summed E-state index contributed by atoms with van der Waals surface area (Å²) in [7, 11) is 0. The summed E-state index contributed by atoms with van der Waals surface area (Å²) in [6, 6.07) is 15.9. The average Bonchev–Trinajstić information content (AvgIpc) is 3.47. The highest BCUT2D eigenvalue weighted by Crippen LogP contribution is 2.34. The first kappa shape index (κ1) is 20.6. The van der Waals surface area contributed by atoms with Gasteiger partial charge in [-0.05, 0) is 56.9 Å². The third kappa shape index (κ3) is 5.07.